The molecule has 0 spiro atoms. The number of nitrogens with zero attached hydrogens (tertiary/aromatic N) is 4. The van der Waals surface area contributed by atoms with Crippen LogP contribution in [0.15, 0.2) is 42.0 Å². The van der Waals surface area contributed by atoms with Crippen LogP contribution in [0.1, 0.15) is 16.2 Å². The molecule has 1 N–H and O–H groups in total. The fourth-order valence-electron chi connectivity index (χ4n) is 2.90. The Balaban J connectivity index is 1.44. The number of thiazole rings is 1. The Bertz CT molecular complexity index is 935. The second-order valence-corrected chi connectivity index (χ2v) is 6.99. The Labute approximate surface area is 161 Å². The lowest BCUT2D eigenvalue weighted by atomic mass is 10.1. The van der Waals surface area contributed by atoms with Crippen molar-refractivity contribution >= 4 is 28.1 Å². The molecule has 4 heterocycles. The van der Waals surface area contributed by atoms with Gasteiger partial charge in [-0.3, -0.25) is 15.1 Å². The molecule has 1 fully saturated rings. The number of carbonyl (C=O) groups excluding carboxylic acids is 1. The summed E-state index contributed by atoms with van der Waals surface area (Å²) >= 11 is 1.38. The number of morpholine rings is 1. The molecule has 1 aliphatic rings. The molecule has 27 heavy (non-hydrogen) atoms. The highest BCUT2D eigenvalue weighted by Crippen LogP contribution is 2.26. The second-order valence-electron chi connectivity index (χ2n) is 6.13. The molecule has 1 amide bonds. The van der Waals surface area contributed by atoms with Gasteiger partial charge in [-0.25, -0.2) is 9.97 Å². The van der Waals surface area contributed by atoms with Crippen LogP contribution in [0.25, 0.3) is 11.3 Å². The summed E-state index contributed by atoms with van der Waals surface area (Å²) < 4.78 is 5.35. The number of aryl methyl sites for hydroxylation is 1. The predicted octanol–water partition coefficient (Wildman–Crippen LogP) is 3.00. The van der Waals surface area contributed by atoms with Crippen LogP contribution >= 0.6 is 11.3 Å². The zero-order valence-corrected chi connectivity index (χ0v) is 15.7. The van der Waals surface area contributed by atoms with E-state index in [4.69, 9.17) is 4.74 Å². The Hall–Kier alpha value is -2.84. The summed E-state index contributed by atoms with van der Waals surface area (Å²) in [5.74, 6) is -0.271. The lowest BCUT2D eigenvalue weighted by Gasteiger charge is -2.28. The van der Waals surface area contributed by atoms with Gasteiger partial charge in [-0.05, 0) is 31.2 Å². The Morgan fingerprint density at radius 1 is 1.22 bits per heavy atom. The van der Waals surface area contributed by atoms with Crippen molar-refractivity contribution in [3.63, 3.8) is 0 Å². The molecule has 4 rings (SSSR count). The first-order valence-corrected chi connectivity index (χ1v) is 9.56. The van der Waals surface area contributed by atoms with Crippen LogP contribution in [-0.2, 0) is 4.74 Å². The number of carbonyl (C=O) groups is 1. The Morgan fingerprint density at radius 2 is 2.07 bits per heavy atom. The maximum atomic E-state index is 12.5. The second kappa shape index (κ2) is 7.81. The first-order chi connectivity index (χ1) is 13.2. The SMILES string of the molecule is Cc1ncccc1-c1csc(NC(=O)c2ccc(N3CCOCC3)cn2)n1. The van der Waals surface area contributed by atoms with Gasteiger partial charge in [0.1, 0.15) is 5.69 Å². The van der Waals surface area contributed by atoms with Crippen molar-refractivity contribution < 1.29 is 9.53 Å². The maximum Gasteiger partial charge on any atom is 0.276 e. The summed E-state index contributed by atoms with van der Waals surface area (Å²) in [6.07, 6.45) is 3.48. The number of amides is 1. The van der Waals surface area contributed by atoms with Crippen LogP contribution in [-0.4, -0.2) is 47.2 Å². The number of rotatable bonds is 4. The fraction of sp³-hybridized carbons (Fsp3) is 0.263. The molecule has 1 saturated heterocycles. The van der Waals surface area contributed by atoms with Crippen LogP contribution in [0.3, 0.4) is 0 Å². The van der Waals surface area contributed by atoms with Gasteiger partial charge >= 0.3 is 0 Å². The van der Waals surface area contributed by atoms with E-state index in [1.54, 1.807) is 18.5 Å². The molecule has 1 aliphatic heterocycles. The quantitative estimate of drug-likeness (QED) is 0.748. The van der Waals surface area contributed by atoms with Gasteiger partial charge < -0.3 is 9.64 Å². The Morgan fingerprint density at radius 3 is 2.81 bits per heavy atom. The van der Waals surface area contributed by atoms with Gasteiger partial charge in [0.05, 0.1) is 30.8 Å². The van der Waals surface area contributed by atoms with Crippen LogP contribution < -0.4 is 10.2 Å². The number of ether oxygens (including phenoxy) is 1. The number of hydrogen-bond donors (Lipinski definition) is 1. The molecule has 0 unspecified atom stereocenters. The summed E-state index contributed by atoms with van der Waals surface area (Å²) in [5, 5.41) is 5.27. The molecule has 0 radical (unpaired) electrons. The topological polar surface area (TPSA) is 80.2 Å². The minimum absolute atomic E-state index is 0.271. The number of aromatic nitrogens is 3. The van der Waals surface area contributed by atoms with Crippen molar-refractivity contribution in [2.75, 3.05) is 36.5 Å². The average molecular weight is 381 g/mol. The lowest BCUT2D eigenvalue weighted by molar-refractivity contribution is 0.102. The van der Waals surface area contributed by atoms with E-state index in [2.05, 4.69) is 25.2 Å². The molecular weight excluding hydrogens is 362 g/mol. The fourth-order valence-corrected chi connectivity index (χ4v) is 3.61. The molecule has 7 nitrogen and oxygen atoms in total. The lowest BCUT2D eigenvalue weighted by Crippen LogP contribution is -2.36. The van der Waals surface area contributed by atoms with Crippen molar-refractivity contribution in [1.29, 1.82) is 0 Å². The number of hydrogen-bond acceptors (Lipinski definition) is 7. The minimum Gasteiger partial charge on any atom is -0.378 e. The first kappa shape index (κ1) is 17.6. The zero-order chi connectivity index (χ0) is 18.6. The van der Waals surface area contributed by atoms with E-state index in [9.17, 15) is 4.79 Å². The van der Waals surface area contributed by atoms with E-state index in [1.165, 1.54) is 11.3 Å². The van der Waals surface area contributed by atoms with Crippen molar-refractivity contribution in [3.8, 4) is 11.3 Å². The van der Waals surface area contributed by atoms with E-state index >= 15 is 0 Å². The van der Waals surface area contributed by atoms with Gasteiger partial charge in [0, 0.05) is 35.9 Å². The third-order valence-electron chi connectivity index (χ3n) is 4.36. The highest BCUT2D eigenvalue weighted by Gasteiger charge is 2.15. The van der Waals surface area contributed by atoms with Gasteiger partial charge in [-0.15, -0.1) is 11.3 Å². The van der Waals surface area contributed by atoms with Crippen LogP contribution in [0, 0.1) is 6.92 Å². The van der Waals surface area contributed by atoms with Gasteiger partial charge in [0.15, 0.2) is 5.13 Å². The van der Waals surface area contributed by atoms with Crippen LogP contribution in [0.5, 0.6) is 0 Å². The largest absolute Gasteiger partial charge is 0.378 e. The highest BCUT2D eigenvalue weighted by molar-refractivity contribution is 7.14. The van der Waals surface area contributed by atoms with Crippen molar-refractivity contribution in [2.24, 2.45) is 0 Å². The first-order valence-electron chi connectivity index (χ1n) is 8.68. The molecule has 0 bridgehead atoms. The molecule has 3 aromatic rings. The monoisotopic (exact) mass is 381 g/mol. The summed E-state index contributed by atoms with van der Waals surface area (Å²) in [4.78, 5) is 27.7. The third-order valence-corrected chi connectivity index (χ3v) is 5.12. The summed E-state index contributed by atoms with van der Waals surface area (Å²) in [6, 6.07) is 7.49. The molecular formula is C19H19N5O2S. The van der Waals surface area contributed by atoms with Gasteiger partial charge in [-0.1, -0.05) is 0 Å². The third kappa shape index (κ3) is 3.96. The highest BCUT2D eigenvalue weighted by atomic mass is 32.1. The summed E-state index contributed by atoms with van der Waals surface area (Å²) in [5.41, 5.74) is 4.03. The average Bonchev–Trinajstić information content (AvgIpc) is 3.17. The standard InChI is InChI=1S/C19H19N5O2S/c1-13-15(3-2-6-20-13)17-12-27-19(22-17)23-18(25)16-5-4-14(11-21-16)24-7-9-26-10-8-24/h2-6,11-12H,7-10H2,1H3,(H,22,23,25). The van der Waals surface area contributed by atoms with E-state index in [1.807, 2.05) is 30.5 Å². The molecule has 3 aromatic heterocycles. The number of anilines is 2. The van der Waals surface area contributed by atoms with Crippen LogP contribution in [0.2, 0.25) is 0 Å². The minimum atomic E-state index is -0.271. The zero-order valence-electron chi connectivity index (χ0n) is 14.9. The smallest absolute Gasteiger partial charge is 0.276 e. The van der Waals surface area contributed by atoms with Crippen LogP contribution in [0.4, 0.5) is 10.8 Å². The van der Waals surface area contributed by atoms with Gasteiger partial charge in [0.25, 0.3) is 5.91 Å². The molecule has 0 aliphatic carbocycles. The van der Waals surface area contributed by atoms with Crippen molar-refractivity contribution in [2.45, 2.75) is 6.92 Å². The normalized spacial score (nSPS) is 14.2. The molecule has 138 valence electrons. The molecule has 0 atom stereocenters. The van der Waals surface area contributed by atoms with E-state index < -0.39 is 0 Å². The molecule has 0 saturated carbocycles. The predicted molar refractivity (Wildman–Crippen MR) is 105 cm³/mol. The maximum absolute atomic E-state index is 12.5. The van der Waals surface area contributed by atoms with E-state index in [0.29, 0.717) is 24.0 Å². The van der Waals surface area contributed by atoms with E-state index in [-0.39, 0.29) is 5.91 Å². The summed E-state index contributed by atoms with van der Waals surface area (Å²) in [6.45, 7) is 5.04. The Kier molecular flexibility index (Phi) is 5.08. The molecule has 8 heteroatoms. The summed E-state index contributed by atoms with van der Waals surface area (Å²) in [7, 11) is 0. The van der Waals surface area contributed by atoms with Crippen molar-refractivity contribution in [3.05, 3.63) is 53.4 Å². The van der Waals surface area contributed by atoms with Gasteiger partial charge in [0.2, 0.25) is 0 Å². The van der Waals surface area contributed by atoms with E-state index in [0.717, 1.165) is 35.7 Å². The van der Waals surface area contributed by atoms with Gasteiger partial charge in [-0.2, -0.15) is 0 Å². The number of nitrogens with one attached hydrogen (secondary N) is 1. The number of pyridine rings is 2. The molecule has 0 aromatic carbocycles. The van der Waals surface area contributed by atoms with Crippen molar-refractivity contribution in [1.82, 2.24) is 15.0 Å².